The zero-order valence-corrected chi connectivity index (χ0v) is 17.0. The van der Waals surface area contributed by atoms with Crippen LogP contribution in [0, 0.1) is 12.8 Å². The normalized spacial score (nSPS) is 13.0. The first-order chi connectivity index (χ1) is 14.0. The largest absolute Gasteiger partial charge is 0.497 e. The van der Waals surface area contributed by atoms with Crippen molar-refractivity contribution < 1.29 is 14.3 Å². The van der Waals surface area contributed by atoms with Gasteiger partial charge in [-0.2, -0.15) is 0 Å². The molecule has 1 fully saturated rings. The molecule has 0 saturated heterocycles. The van der Waals surface area contributed by atoms with Crippen LogP contribution in [0.3, 0.4) is 0 Å². The second kappa shape index (κ2) is 8.05. The van der Waals surface area contributed by atoms with E-state index < -0.39 is 0 Å². The van der Waals surface area contributed by atoms with E-state index in [0.717, 1.165) is 34.7 Å². The highest BCUT2D eigenvalue weighted by molar-refractivity contribution is 7.13. The maximum atomic E-state index is 12.7. The predicted octanol–water partition coefficient (Wildman–Crippen LogP) is 4.73. The predicted molar refractivity (Wildman–Crippen MR) is 115 cm³/mol. The maximum Gasteiger partial charge on any atom is 0.275 e. The van der Waals surface area contributed by atoms with Crippen LogP contribution in [0.15, 0.2) is 47.8 Å². The first-order valence-electron chi connectivity index (χ1n) is 9.36. The summed E-state index contributed by atoms with van der Waals surface area (Å²) in [6.45, 7) is 1.91. The summed E-state index contributed by atoms with van der Waals surface area (Å²) in [4.78, 5) is 29.1. The summed E-state index contributed by atoms with van der Waals surface area (Å²) < 4.78 is 5.17. The zero-order valence-electron chi connectivity index (χ0n) is 16.2. The molecule has 4 rings (SSSR count). The van der Waals surface area contributed by atoms with Crippen molar-refractivity contribution in [3.05, 3.63) is 59.1 Å². The van der Waals surface area contributed by atoms with Gasteiger partial charge in [0.15, 0.2) is 0 Å². The maximum absolute atomic E-state index is 12.7. The number of anilines is 2. The minimum Gasteiger partial charge on any atom is -0.497 e. The number of carbonyl (C=O) groups is 2. The number of nitrogens with one attached hydrogen (secondary N) is 2. The summed E-state index contributed by atoms with van der Waals surface area (Å²) >= 11 is 1.41. The average molecular weight is 407 g/mol. The van der Waals surface area contributed by atoms with Crippen molar-refractivity contribution in [1.29, 1.82) is 0 Å². The molecule has 0 atom stereocenters. The van der Waals surface area contributed by atoms with Gasteiger partial charge in [0.25, 0.3) is 5.91 Å². The van der Waals surface area contributed by atoms with Crippen LogP contribution >= 0.6 is 11.3 Å². The topological polar surface area (TPSA) is 80.3 Å². The van der Waals surface area contributed by atoms with Crippen LogP contribution < -0.4 is 15.4 Å². The van der Waals surface area contributed by atoms with Gasteiger partial charge in [-0.1, -0.05) is 6.07 Å². The second-order valence-corrected chi connectivity index (χ2v) is 7.87. The third-order valence-corrected chi connectivity index (χ3v) is 5.67. The van der Waals surface area contributed by atoms with Crippen LogP contribution in [-0.2, 0) is 4.79 Å². The quantitative estimate of drug-likeness (QED) is 0.619. The Kier molecular flexibility index (Phi) is 5.31. The molecule has 0 bridgehead atoms. The third kappa shape index (κ3) is 4.46. The van der Waals surface area contributed by atoms with Gasteiger partial charge in [0.05, 0.1) is 7.11 Å². The van der Waals surface area contributed by atoms with Gasteiger partial charge in [0.2, 0.25) is 5.91 Å². The number of aromatic nitrogens is 1. The van der Waals surface area contributed by atoms with Gasteiger partial charge in [0, 0.05) is 28.2 Å². The molecular weight excluding hydrogens is 386 g/mol. The van der Waals surface area contributed by atoms with E-state index in [1.54, 1.807) is 18.6 Å². The Morgan fingerprint density at radius 1 is 1.10 bits per heavy atom. The summed E-state index contributed by atoms with van der Waals surface area (Å²) in [5, 5.41) is 8.31. The van der Waals surface area contributed by atoms with E-state index >= 15 is 0 Å². The molecule has 6 nitrogen and oxygen atoms in total. The van der Waals surface area contributed by atoms with Gasteiger partial charge < -0.3 is 15.4 Å². The number of amides is 2. The molecule has 1 saturated carbocycles. The van der Waals surface area contributed by atoms with E-state index in [-0.39, 0.29) is 17.7 Å². The molecule has 1 aromatic heterocycles. The zero-order chi connectivity index (χ0) is 20.4. The molecule has 1 aliphatic rings. The van der Waals surface area contributed by atoms with Crippen LogP contribution in [-0.4, -0.2) is 23.9 Å². The van der Waals surface area contributed by atoms with Crippen molar-refractivity contribution in [1.82, 2.24) is 4.98 Å². The van der Waals surface area contributed by atoms with E-state index in [1.165, 1.54) is 11.3 Å². The first kappa shape index (κ1) is 19.1. The van der Waals surface area contributed by atoms with Crippen LogP contribution in [0.5, 0.6) is 5.75 Å². The molecule has 0 spiro atoms. The van der Waals surface area contributed by atoms with Gasteiger partial charge in [-0.25, -0.2) is 4.98 Å². The Bertz CT molecular complexity index is 1060. The molecule has 2 N–H and O–H groups in total. The molecule has 148 valence electrons. The molecule has 7 heteroatoms. The molecule has 0 aliphatic heterocycles. The molecule has 2 aromatic carbocycles. The number of aryl methyl sites for hydroxylation is 1. The van der Waals surface area contributed by atoms with Crippen molar-refractivity contribution in [3.63, 3.8) is 0 Å². The number of hydrogen-bond donors (Lipinski definition) is 2. The van der Waals surface area contributed by atoms with Crippen LogP contribution in [0.4, 0.5) is 11.4 Å². The molecule has 0 unspecified atom stereocenters. The number of thiazole rings is 1. The van der Waals surface area contributed by atoms with Crippen LogP contribution in [0.25, 0.3) is 10.6 Å². The number of hydrogen-bond acceptors (Lipinski definition) is 5. The molecule has 1 heterocycles. The van der Waals surface area contributed by atoms with Gasteiger partial charge in [-0.3, -0.25) is 9.59 Å². The van der Waals surface area contributed by atoms with Crippen molar-refractivity contribution in [3.8, 4) is 16.3 Å². The Morgan fingerprint density at radius 3 is 2.55 bits per heavy atom. The minimum absolute atomic E-state index is 0.0368. The Hall–Kier alpha value is -3.19. The summed E-state index contributed by atoms with van der Waals surface area (Å²) in [5.74, 6) is 0.651. The summed E-state index contributed by atoms with van der Waals surface area (Å²) in [6, 6.07) is 13.1. The Morgan fingerprint density at radius 2 is 1.86 bits per heavy atom. The van der Waals surface area contributed by atoms with E-state index in [4.69, 9.17) is 4.74 Å². The lowest BCUT2D eigenvalue weighted by Crippen LogP contribution is -2.15. The number of methoxy groups -OCH3 is 1. The lowest BCUT2D eigenvalue weighted by molar-refractivity contribution is -0.117. The van der Waals surface area contributed by atoms with Crippen molar-refractivity contribution in [2.75, 3.05) is 17.7 Å². The number of nitrogens with zero attached hydrogens (tertiary/aromatic N) is 1. The fourth-order valence-electron chi connectivity index (χ4n) is 2.85. The van der Waals surface area contributed by atoms with E-state index in [0.29, 0.717) is 17.1 Å². The van der Waals surface area contributed by atoms with Gasteiger partial charge in [-0.15, -0.1) is 11.3 Å². The highest BCUT2D eigenvalue weighted by atomic mass is 32.1. The van der Waals surface area contributed by atoms with E-state index in [9.17, 15) is 9.59 Å². The summed E-state index contributed by atoms with van der Waals surface area (Å²) in [7, 11) is 1.62. The Labute approximate surface area is 172 Å². The van der Waals surface area contributed by atoms with Gasteiger partial charge in [0.1, 0.15) is 16.5 Å². The Balaban J connectivity index is 1.47. The highest BCUT2D eigenvalue weighted by Crippen LogP contribution is 2.31. The number of rotatable bonds is 6. The van der Waals surface area contributed by atoms with Crippen molar-refractivity contribution in [2.24, 2.45) is 5.92 Å². The highest BCUT2D eigenvalue weighted by Gasteiger charge is 2.29. The van der Waals surface area contributed by atoms with E-state index in [1.807, 2.05) is 43.3 Å². The molecule has 29 heavy (non-hydrogen) atoms. The van der Waals surface area contributed by atoms with Crippen molar-refractivity contribution >= 4 is 34.5 Å². The number of carbonyl (C=O) groups excluding carboxylic acids is 2. The van der Waals surface area contributed by atoms with E-state index in [2.05, 4.69) is 15.6 Å². The average Bonchev–Trinajstić information content (AvgIpc) is 3.47. The SMILES string of the molecule is COc1ccc(-c2nc(C(=O)Nc3cc(NC(=O)C4CC4)ccc3C)cs2)cc1. The van der Waals surface area contributed by atoms with Crippen LogP contribution in [0.2, 0.25) is 0 Å². The summed E-state index contributed by atoms with van der Waals surface area (Å²) in [6.07, 6.45) is 1.89. The molecule has 1 aliphatic carbocycles. The lowest BCUT2D eigenvalue weighted by atomic mass is 10.1. The fourth-order valence-corrected chi connectivity index (χ4v) is 3.66. The number of ether oxygens (including phenoxy) is 1. The van der Waals surface area contributed by atoms with Gasteiger partial charge >= 0.3 is 0 Å². The molecular formula is C22H21N3O3S. The second-order valence-electron chi connectivity index (χ2n) is 7.01. The fraction of sp³-hybridized carbons (Fsp3) is 0.227. The standard InChI is InChI=1S/C22H21N3O3S/c1-13-3-8-16(23-20(26)14-4-5-14)11-18(13)24-21(27)19-12-29-22(25-19)15-6-9-17(28-2)10-7-15/h3,6-12,14H,4-5H2,1-2H3,(H,23,26)(H,24,27). The van der Waals surface area contributed by atoms with Crippen molar-refractivity contribution in [2.45, 2.75) is 19.8 Å². The third-order valence-electron chi connectivity index (χ3n) is 4.78. The smallest absolute Gasteiger partial charge is 0.275 e. The van der Waals surface area contributed by atoms with Crippen LogP contribution in [0.1, 0.15) is 28.9 Å². The molecule has 3 aromatic rings. The summed E-state index contributed by atoms with van der Waals surface area (Å²) in [5.41, 5.74) is 3.53. The molecule has 0 radical (unpaired) electrons. The number of benzene rings is 2. The lowest BCUT2D eigenvalue weighted by Gasteiger charge is -2.11. The minimum atomic E-state index is -0.283. The van der Waals surface area contributed by atoms with Gasteiger partial charge in [-0.05, 0) is 61.7 Å². The first-order valence-corrected chi connectivity index (χ1v) is 10.2. The molecule has 2 amide bonds. The monoisotopic (exact) mass is 407 g/mol.